The molecular formula is C10H12N4. The molecule has 0 aromatic carbocycles. The third kappa shape index (κ3) is 1.11. The summed E-state index contributed by atoms with van der Waals surface area (Å²) in [7, 11) is 0. The van der Waals surface area contributed by atoms with Crippen LogP contribution in [0.4, 0.5) is 0 Å². The molecule has 1 N–H and O–H groups in total. The zero-order valence-corrected chi connectivity index (χ0v) is 7.85. The maximum absolute atomic E-state index is 4.25. The summed E-state index contributed by atoms with van der Waals surface area (Å²) in [5.74, 6) is 1.61. The fourth-order valence-corrected chi connectivity index (χ4v) is 2.01. The minimum absolute atomic E-state index is 0.521. The van der Waals surface area contributed by atoms with Gasteiger partial charge < -0.3 is 5.32 Å². The molecule has 14 heavy (non-hydrogen) atoms. The topological polar surface area (TPSA) is 42.2 Å². The van der Waals surface area contributed by atoms with Crippen LogP contribution < -0.4 is 5.32 Å². The quantitative estimate of drug-likeness (QED) is 0.720. The number of fused-ring (bicyclic) bond motifs is 1. The molecule has 0 spiro atoms. The molecule has 1 saturated heterocycles. The van der Waals surface area contributed by atoms with Gasteiger partial charge in [-0.15, -0.1) is 10.2 Å². The normalized spacial score (nSPS) is 21.9. The van der Waals surface area contributed by atoms with E-state index in [4.69, 9.17) is 0 Å². The van der Waals surface area contributed by atoms with Crippen molar-refractivity contribution in [2.24, 2.45) is 0 Å². The van der Waals surface area contributed by atoms with E-state index in [1.165, 1.54) is 0 Å². The van der Waals surface area contributed by atoms with Gasteiger partial charge in [0.1, 0.15) is 5.82 Å². The van der Waals surface area contributed by atoms with Crippen LogP contribution in [0.5, 0.6) is 0 Å². The van der Waals surface area contributed by atoms with Crippen molar-refractivity contribution < 1.29 is 0 Å². The van der Waals surface area contributed by atoms with Crippen LogP contribution in [0.2, 0.25) is 0 Å². The zero-order chi connectivity index (χ0) is 9.38. The van der Waals surface area contributed by atoms with Gasteiger partial charge in [0.25, 0.3) is 0 Å². The molecule has 0 bridgehead atoms. The summed E-state index contributed by atoms with van der Waals surface area (Å²) < 4.78 is 2.08. The smallest absolute Gasteiger partial charge is 0.160 e. The lowest BCUT2D eigenvalue weighted by Crippen LogP contribution is -2.10. The number of nitrogens with one attached hydrogen (secondary N) is 1. The summed E-state index contributed by atoms with van der Waals surface area (Å²) in [5.41, 5.74) is 0.939. The molecule has 4 nitrogen and oxygen atoms in total. The molecule has 2 aromatic rings. The second-order valence-corrected chi connectivity index (χ2v) is 3.68. The Bertz CT molecular complexity index is 442. The Morgan fingerprint density at radius 2 is 2.36 bits per heavy atom. The molecule has 0 radical (unpaired) electrons. The van der Waals surface area contributed by atoms with E-state index in [9.17, 15) is 0 Å². The number of hydrogen-bond donors (Lipinski definition) is 1. The van der Waals surface area contributed by atoms with Gasteiger partial charge in [0.05, 0.1) is 0 Å². The van der Waals surface area contributed by atoms with Gasteiger partial charge in [0, 0.05) is 18.7 Å². The van der Waals surface area contributed by atoms with Crippen LogP contribution in [-0.2, 0) is 0 Å². The lowest BCUT2D eigenvalue weighted by atomic mass is 10.1. The molecule has 1 aliphatic rings. The molecule has 72 valence electrons. The van der Waals surface area contributed by atoms with Crippen molar-refractivity contribution in [3.8, 4) is 0 Å². The Balaban J connectivity index is 2.11. The van der Waals surface area contributed by atoms with E-state index in [1.807, 2.05) is 24.4 Å². The molecule has 1 unspecified atom stereocenters. The van der Waals surface area contributed by atoms with Crippen molar-refractivity contribution in [3.05, 3.63) is 30.2 Å². The molecule has 0 amide bonds. The van der Waals surface area contributed by atoms with Gasteiger partial charge in [-0.05, 0) is 25.1 Å². The Kier molecular flexibility index (Phi) is 1.73. The van der Waals surface area contributed by atoms with Crippen molar-refractivity contribution in [1.82, 2.24) is 19.9 Å². The van der Waals surface area contributed by atoms with E-state index in [0.29, 0.717) is 5.92 Å². The molecule has 0 aliphatic carbocycles. The average Bonchev–Trinajstić information content (AvgIpc) is 2.85. The Morgan fingerprint density at radius 3 is 3.21 bits per heavy atom. The Hall–Kier alpha value is -1.42. The first-order valence-electron chi connectivity index (χ1n) is 4.95. The Morgan fingerprint density at radius 1 is 1.36 bits per heavy atom. The molecule has 0 saturated carbocycles. The monoisotopic (exact) mass is 188 g/mol. The van der Waals surface area contributed by atoms with Crippen LogP contribution in [0.15, 0.2) is 24.4 Å². The summed E-state index contributed by atoms with van der Waals surface area (Å²) in [6.07, 6.45) is 3.19. The van der Waals surface area contributed by atoms with Gasteiger partial charge in [-0.3, -0.25) is 4.40 Å². The molecule has 4 heteroatoms. The Labute approximate surface area is 82.0 Å². The van der Waals surface area contributed by atoms with Crippen LogP contribution in [0, 0.1) is 0 Å². The van der Waals surface area contributed by atoms with Gasteiger partial charge in [0.15, 0.2) is 5.65 Å². The molecule has 1 aliphatic heterocycles. The molecule has 1 fully saturated rings. The van der Waals surface area contributed by atoms with Crippen molar-refractivity contribution >= 4 is 5.65 Å². The summed E-state index contributed by atoms with van der Waals surface area (Å²) in [6.45, 7) is 2.11. The highest BCUT2D eigenvalue weighted by Gasteiger charge is 2.21. The highest BCUT2D eigenvalue weighted by atomic mass is 15.2. The SMILES string of the molecule is c1ccn2c(C3CCNC3)nnc2c1. The first-order chi connectivity index (χ1) is 6.95. The van der Waals surface area contributed by atoms with Gasteiger partial charge in [0.2, 0.25) is 0 Å². The second-order valence-electron chi connectivity index (χ2n) is 3.68. The minimum atomic E-state index is 0.521. The summed E-state index contributed by atoms with van der Waals surface area (Å²) in [5, 5.41) is 11.7. The van der Waals surface area contributed by atoms with E-state index in [1.54, 1.807) is 0 Å². The van der Waals surface area contributed by atoms with E-state index in [-0.39, 0.29) is 0 Å². The van der Waals surface area contributed by atoms with E-state index < -0.39 is 0 Å². The predicted octanol–water partition coefficient (Wildman–Crippen LogP) is 0.806. The zero-order valence-electron chi connectivity index (χ0n) is 7.85. The van der Waals surface area contributed by atoms with Crippen LogP contribution in [0.3, 0.4) is 0 Å². The van der Waals surface area contributed by atoms with Gasteiger partial charge in [-0.1, -0.05) is 6.07 Å². The van der Waals surface area contributed by atoms with Gasteiger partial charge >= 0.3 is 0 Å². The maximum atomic E-state index is 4.25. The van der Waals surface area contributed by atoms with Crippen molar-refractivity contribution in [2.75, 3.05) is 13.1 Å². The van der Waals surface area contributed by atoms with Crippen molar-refractivity contribution in [3.63, 3.8) is 0 Å². The van der Waals surface area contributed by atoms with Gasteiger partial charge in [-0.2, -0.15) is 0 Å². The van der Waals surface area contributed by atoms with Crippen LogP contribution >= 0.6 is 0 Å². The lowest BCUT2D eigenvalue weighted by Gasteiger charge is -2.04. The van der Waals surface area contributed by atoms with Crippen LogP contribution in [0.1, 0.15) is 18.2 Å². The summed E-state index contributed by atoms with van der Waals surface area (Å²) >= 11 is 0. The number of nitrogens with zero attached hydrogens (tertiary/aromatic N) is 3. The molecular weight excluding hydrogens is 176 g/mol. The number of hydrogen-bond acceptors (Lipinski definition) is 3. The third-order valence-corrected chi connectivity index (χ3v) is 2.77. The number of rotatable bonds is 1. The van der Waals surface area contributed by atoms with Crippen LogP contribution in [-0.4, -0.2) is 27.7 Å². The fraction of sp³-hybridized carbons (Fsp3) is 0.400. The van der Waals surface area contributed by atoms with E-state index in [2.05, 4.69) is 19.9 Å². The summed E-state index contributed by atoms with van der Waals surface area (Å²) in [4.78, 5) is 0. The molecule has 3 rings (SSSR count). The predicted molar refractivity (Wildman–Crippen MR) is 53.2 cm³/mol. The standard InChI is InChI=1S/C10H12N4/c1-2-6-14-9(3-1)12-13-10(14)8-4-5-11-7-8/h1-3,6,8,11H,4-5,7H2. The average molecular weight is 188 g/mol. The minimum Gasteiger partial charge on any atom is -0.316 e. The molecule has 2 aromatic heterocycles. The lowest BCUT2D eigenvalue weighted by molar-refractivity contribution is 0.691. The summed E-state index contributed by atoms with van der Waals surface area (Å²) in [6, 6.07) is 5.99. The van der Waals surface area contributed by atoms with E-state index >= 15 is 0 Å². The number of pyridine rings is 1. The highest BCUT2D eigenvalue weighted by Crippen LogP contribution is 2.20. The first kappa shape index (κ1) is 7.94. The molecule has 1 atom stereocenters. The first-order valence-corrected chi connectivity index (χ1v) is 4.95. The van der Waals surface area contributed by atoms with E-state index in [0.717, 1.165) is 31.0 Å². The highest BCUT2D eigenvalue weighted by molar-refractivity contribution is 5.37. The maximum Gasteiger partial charge on any atom is 0.160 e. The molecule has 3 heterocycles. The van der Waals surface area contributed by atoms with Crippen molar-refractivity contribution in [1.29, 1.82) is 0 Å². The number of aromatic nitrogens is 3. The van der Waals surface area contributed by atoms with Gasteiger partial charge in [-0.25, -0.2) is 0 Å². The second kappa shape index (κ2) is 3.06. The third-order valence-electron chi connectivity index (χ3n) is 2.77. The fourth-order valence-electron chi connectivity index (χ4n) is 2.01. The van der Waals surface area contributed by atoms with Crippen molar-refractivity contribution in [2.45, 2.75) is 12.3 Å². The largest absolute Gasteiger partial charge is 0.316 e. The van der Waals surface area contributed by atoms with Crippen LogP contribution in [0.25, 0.3) is 5.65 Å².